The highest BCUT2D eigenvalue weighted by atomic mass is 35.5. The van der Waals surface area contributed by atoms with E-state index in [1.54, 1.807) is 12.1 Å². The van der Waals surface area contributed by atoms with Crippen molar-refractivity contribution in [2.45, 2.75) is 6.54 Å². The van der Waals surface area contributed by atoms with Gasteiger partial charge in [-0.3, -0.25) is 4.79 Å². The number of aromatic nitrogens is 1. The van der Waals surface area contributed by atoms with Crippen molar-refractivity contribution in [2.75, 3.05) is 0 Å². The molecule has 4 nitrogen and oxygen atoms in total. The lowest BCUT2D eigenvalue weighted by Gasteiger charge is -2.05. The van der Waals surface area contributed by atoms with Crippen LogP contribution in [-0.2, 0) is 6.54 Å². The van der Waals surface area contributed by atoms with Gasteiger partial charge in [-0.05, 0) is 17.7 Å². The van der Waals surface area contributed by atoms with Gasteiger partial charge in [0.1, 0.15) is 0 Å². The van der Waals surface area contributed by atoms with Gasteiger partial charge in [-0.25, -0.2) is 0 Å². The maximum atomic E-state index is 11.7. The molecule has 0 saturated carbocycles. The molecule has 0 saturated heterocycles. The van der Waals surface area contributed by atoms with Crippen LogP contribution in [-0.4, -0.2) is 5.91 Å². The summed E-state index contributed by atoms with van der Waals surface area (Å²) in [5.74, 6) is -0.217. The third-order valence-corrected chi connectivity index (χ3v) is 2.68. The molecule has 0 unspecified atom stereocenters. The molecule has 0 bridgehead atoms. The van der Waals surface area contributed by atoms with Gasteiger partial charge in [-0.15, -0.1) is 0 Å². The van der Waals surface area contributed by atoms with E-state index < -0.39 is 0 Å². The Morgan fingerprint density at radius 3 is 2.39 bits per heavy atom. The van der Waals surface area contributed by atoms with Crippen LogP contribution < -0.4 is 10.0 Å². The van der Waals surface area contributed by atoms with Crippen LogP contribution in [0.25, 0.3) is 0 Å². The predicted octanol–water partition coefficient (Wildman–Crippen LogP) is 1.90. The first kappa shape index (κ1) is 12.4. The van der Waals surface area contributed by atoms with Crippen LogP contribution in [0, 0.1) is 5.21 Å². The molecule has 1 aromatic heterocycles. The Labute approximate surface area is 109 Å². The van der Waals surface area contributed by atoms with E-state index in [-0.39, 0.29) is 5.91 Å². The maximum absolute atomic E-state index is 11.7. The van der Waals surface area contributed by atoms with Gasteiger partial charge in [0.25, 0.3) is 5.91 Å². The van der Waals surface area contributed by atoms with E-state index in [0.717, 1.165) is 5.56 Å². The van der Waals surface area contributed by atoms with E-state index in [0.29, 0.717) is 21.9 Å². The third-order valence-electron chi connectivity index (χ3n) is 2.43. The minimum atomic E-state index is -0.217. The molecule has 1 aromatic carbocycles. The van der Waals surface area contributed by atoms with E-state index in [9.17, 15) is 10.0 Å². The van der Waals surface area contributed by atoms with Crippen molar-refractivity contribution in [1.29, 1.82) is 0 Å². The Kier molecular flexibility index (Phi) is 3.79. The standard InChI is InChI=1S/C13H11ClN2O2/c14-12-3-1-10(2-4-12)9-15-13(17)11-5-7-16(18)8-6-11/h1-8H,9H2,(H,15,17). The van der Waals surface area contributed by atoms with Crippen molar-refractivity contribution in [3.05, 3.63) is 70.1 Å². The second-order valence-electron chi connectivity index (χ2n) is 3.76. The summed E-state index contributed by atoms with van der Waals surface area (Å²) in [6, 6.07) is 10.2. The fourth-order valence-electron chi connectivity index (χ4n) is 1.45. The predicted molar refractivity (Wildman–Crippen MR) is 68.0 cm³/mol. The van der Waals surface area contributed by atoms with E-state index in [2.05, 4.69) is 5.32 Å². The van der Waals surface area contributed by atoms with Crippen molar-refractivity contribution >= 4 is 17.5 Å². The molecule has 1 amide bonds. The lowest BCUT2D eigenvalue weighted by atomic mass is 10.2. The van der Waals surface area contributed by atoms with E-state index in [1.807, 2.05) is 12.1 Å². The van der Waals surface area contributed by atoms with Crippen LogP contribution in [0.15, 0.2) is 48.8 Å². The molecule has 2 rings (SSSR count). The summed E-state index contributed by atoms with van der Waals surface area (Å²) in [5, 5.41) is 14.2. The van der Waals surface area contributed by atoms with Crippen molar-refractivity contribution in [2.24, 2.45) is 0 Å². The van der Waals surface area contributed by atoms with Crippen LogP contribution in [0.3, 0.4) is 0 Å². The normalized spacial score (nSPS) is 10.1. The third kappa shape index (κ3) is 3.21. The highest BCUT2D eigenvalue weighted by Gasteiger charge is 2.06. The van der Waals surface area contributed by atoms with E-state index in [4.69, 9.17) is 11.6 Å². The minimum absolute atomic E-state index is 0.217. The van der Waals surface area contributed by atoms with Gasteiger partial charge < -0.3 is 10.5 Å². The average Bonchev–Trinajstić information content (AvgIpc) is 2.38. The number of halogens is 1. The number of amides is 1. The fraction of sp³-hybridized carbons (Fsp3) is 0.0769. The van der Waals surface area contributed by atoms with Crippen LogP contribution in [0.2, 0.25) is 5.02 Å². The summed E-state index contributed by atoms with van der Waals surface area (Å²) < 4.78 is 0.635. The van der Waals surface area contributed by atoms with Gasteiger partial charge in [0.2, 0.25) is 0 Å². The molecule has 0 spiro atoms. The summed E-state index contributed by atoms with van der Waals surface area (Å²) in [4.78, 5) is 11.7. The van der Waals surface area contributed by atoms with Gasteiger partial charge in [0, 0.05) is 23.7 Å². The topological polar surface area (TPSA) is 56.0 Å². The number of benzene rings is 1. The van der Waals surface area contributed by atoms with Crippen LogP contribution in [0.5, 0.6) is 0 Å². The van der Waals surface area contributed by atoms with Gasteiger partial charge in [-0.1, -0.05) is 23.7 Å². The number of rotatable bonds is 3. The summed E-state index contributed by atoms with van der Waals surface area (Å²) in [6.45, 7) is 0.419. The Balaban J connectivity index is 1.96. The Hall–Kier alpha value is -2.07. The van der Waals surface area contributed by atoms with Crippen molar-refractivity contribution in [1.82, 2.24) is 5.32 Å². The molecular weight excluding hydrogens is 252 g/mol. The van der Waals surface area contributed by atoms with E-state index in [1.165, 1.54) is 24.5 Å². The highest BCUT2D eigenvalue weighted by Crippen LogP contribution is 2.09. The number of nitrogens with one attached hydrogen (secondary N) is 1. The first-order valence-electron chi connectivity index (χ1n) is 5.36. The molecule has 1 N–H and O–H groups in total. The van der Waals surface area contributed by atoms with Crippen molar-refractivity contribution in [3.8, 4) is 0 Å². The Morgan fingerprint density at radius 2 is 1.78 bits per heavy atom. The molecular formula is C13H11ClN2O2. The molecule has 1 heterocycles. The number of pyridine rings is 1. The summed E-state index contributed by atoms with van der Waals surface area (Å²) in [6.07, 6.45) is 2.58. The van der Waals surface area contributed by atoms with Gasteiger partial charge >= 0.3 is 0 Å². The highest BCUT2D eigenvalue weighted by molar-refractivity contribution is 6.30. The summed E-state index contributed by atoms with van der Waals surface area (Å²) in [7, 11) is 0. The smallest absolute Gasteiger partial charge is 0.252 e. The lowest BCUT2D eigenvalue weighted by Crippen LogP contribution is -2.27. The number of hydrogen-bond donors (Lipinski definition) is 1. The molecule has 2 aromatic rings. The Bertz CT molecular complexity index is 538. The van der Waals surface area contributed by atoms with Crippen LogP contribution in [0.1, 0.15) is 15.9 Å². The van der Waals surface area contributed by atoms with Crippen LogP contribution in [0.4, 0.5) is 0 Å². The fourth-order valence-corrected chi connectivity index (χ4v) is 1.58. The molecule has 0 radical (unpaired) electrons. The molecule has 0 fully saturated rings. The minimum Gasteiger partial charge on any atom is -0.619 e. The molecule has 5 heteroatoms. The number of nitrogens with zero attached hydrogens (tertiary/aromatic N) is 1. The number of hydrogen-bond acceptors (Lipinski definition) is 2. The first-order chi connectivity index (χ1) is 8.65. The van der Waals surface area contributed by atoms with Crippen molar-refractivity contribution < 1.29 is 9.52 Å². The molecule has 0 aliphatic carbocycles. The van der Waals surface area contributed by atoms with E-state index >= 15 is 0 Å². The zero-order chi connectivity index (χ0) is 13.0. The zero-order valence-corrected chi connectivity index (χ0v) is 10.2. The largest absolute Gasteiger partial charge is 0.619 e. The lowest BCUT2D eigenvalue weighted by molar-refractivity contribution is -0.605. The molecule has 18 heavy (non-hydrogen) atoms. The maximum Gasteiger partial charge on any atom is 0.252 e. The van der Waals surface area contributed by atoms with Crippen molar-refractivity contribution in [3.63, 3.8) is 0 Å². The number of carbonyl (C=O) groups is 1. The second-order valence-corrected chi connectivity index (χ2v) is 4.19. The van der Waals surface area contributed by atoms with Gasteiger partial charge in [0.15, 0.2) is 12.4 Å². The van der Waals surface area contributed by atoms with Gasteiger partial charge in [-0.2, -0.15) is 4.73 Å². The second kappa shape index (κ2) is 5.51. The monoisotopic (exact) mass is 262 g/mol. The summed E-state index contributed by atoms with van der Waals surface area (Å²) in [5.41, 5.74) is 1.42. The molecule has 0 atom stereocenters. The molecule has 0 aliphatic rings. The molecule has 92 valence electrons. The molecule has 0 aliphatic heterocycles. The first-order valence-corrected chi connectivity index (χ1v) is 5.74. The van der Waals surface area contributed by atoms with Gasteiger partial charge in [0.05, 0.1) is 5.56 Å². The average molecular weight is 263 g/mol. The van der Waals surface area contributed by atoms with Crippen LogP contribution >= 0.6 is 11.6 Å². The quantitative estimate of drug-likeness (QED) is 0.679. The number of carbonyl (C=O) groups excluding carboxylic acids is 1. The Morgan fingerprint density at radius 1 is 1.17 bits per heavy atom. The zero-order valence-electron chi connectivity index (χ0n) is 9.47. The SMILES string of the molecule is O=C(NCc1ccc(Cl)cc1)c1cc[n+]([O-])cc1. The summed E-state index contributed by atoms with van der Waals surface area (Å²) >= 11 is 5.77.